The van der Waals surface area contributed by atoms with E-state index in [1.54, 1.807) is 12.1 Å². The fourth-order valence-electron chi connectivity index (χ4n) is 1.62. The standard InChI is InChI=1S/C11H15N3O/c12-11(15)9-5-2-6-10(14-9)13-7-8-3-1-4-8/h2,5-6,8H,1,3-4,7H2,(H2,12,15)(H,13,14). The fourth-order valence-corrected chi connectivity index (χ4v) is 1.62. The largest absolute Gasteiger partial charge is 0.370 e. The molecule has 1 aliphatic rings. The molecular weight excluding hydrogens is 190 g/mol. The number of aromatic nitrogens is 1. The highest BCUT2D eigenvalue weighted by molar-refractivity contribution is 5.91. The summed E-state index contributed by atoms with van der Waals surface area (Å²) in [5.41, 5.74) is 5.46. The predicted molar refractivity (Wildman–Crippen MR) is 58.6 cm³/mol. The molecule has 4 heteroatoms. The van der Waals surface area contributed by atoms with Crippen LogP contribution in [0.4, 0.5) is 5.82 Å². The highest BCUT2D eigenvalue weighted by atomic mass is 16.1. The topological polar surface area (TPSA) is 68.0 Å². The quantitative estimate of drug-likeness (QED) is 0.780. The van der Waals surface area contributed by atoms with Crippen molar-refractivity contribution in [3.05, 3.63) is 23.9 Å². The first kappa shape index (κ1) is 9.96. The zero-order valence-corrected chi connectivity index (χ0v) is 8.57. The van der Waals surface area contributed by atoms with Crippen molar-refractivity contribution >= 4 is 11.7 Å². The van der Waals surface area contributed by atoms with Crippen LogP contribution in [0.5, 0.6) is 0 Å². The summed E-state index contributed by atoms with van der Waals surface area (Å²) in [7, 11) is 0. The van der Waals surface area contributed by atoms with Crippen LogP contribution in [0, 0.1) is 5.92 Å². The minimum atomic E-state index is -0.484. The minimum absolute atomic E-state index is 0.314. The first-order chi connectivity index (χ1) is 7.25. The number of carbonyl (C=O) groups excluding carboxylic acids is 1. The normalized spacial score (nSPS) is 15.7. The molecule has 1 aromatic heterocycles. The van der Waals surface area contributed by atoms with Crippen LogP contribution in [-0.2, 0) is 0 Å². The molecular formula is C11H15N3O. The maximum atomic E-state index is 10.9. The van der Waals surface area contributed by atoms with Crippen LogP contribution in [-0.4, -0.2) is 17.4 Å². The van der Waals surface area contributed by atoms with Crippen molar-refractivity contribution in [2.45, 2.75) is 19.3 Å². The van der Waals surface area contributed by atoms with Crippen molar-refractivity contribution in [3.8, 4) is 0 Å². The number of rotatable bonds is 4. The molecule has 1 heterocycles. The summed E-state index contributed by atoms with van der Waals surface area (Å²) in [6.07, 6.45) is 3.92. The van der Waals surface area contributed by atoms with E-state index in [1.807, 2.05) is 6.07 Å². The Balaban J connectivity index is 1.94. The molecule has 0 radical (unpaired) electrons. The van der Waals surface area contributed by atoms with E-state index in [0.717, 1.165) is 18.3 Å². The van der Waals surface area contributed by atoms with Crippen LogP contribution in [0.15, 0.2) is 18.2 Å². The Hall–Kier alpha value is -1.58. The molecule has 1 aliphatic carbocycles. The second-order valence-electron chi connectivity index (χ2n) is 3.95. The lowest BCUT2D eigenvalue weighted by molar-refractivity contribution is 0.0995. The Bertz CT molecular complexity index is 361. The van der Waals surface area contributed by atoms with Crippen molar-refractivity contribution in [1.29, 1.82) is 0 Å². The molecule has 0 aromatic carbocycles. The van der Waals surface area contributed by atoms with Gasteiger partial charge in [-0.05, 0) is 30.9 Å². The maximum absolute atomic E-state index is 10.9. The van der Waals surface area contributed by atoms with E-state index in [2.05, 4.69) is 10.3 Å². The van der Waals surface area contributed by atoms with Gasteiger partial charge in [0.05, 0.1) is 0 Å². The first-order valence-corrected chi connectivity index (χ1v) is 5.26. The van der Waals surface area contributed by atoms with E-state index in [1.165, 1.54) is 19.3 Å². The molecule has 0 unspecified atom stereocenters. The summed E-state index contributed by atoms with van der Waals surface area (Å²) < 4.78 is 0. The third kappa shape index (κ3) is 2.46. The van der Waals surface area contributed by atoms with E-state index >= 15 is 0 Å². The molecule has 0 spiro atoms. The molecule has 1 saturated carbocycles. The average Bonchev–Trinajstić information content (AvgIpc) is 2.16. The van der Waals surface area contributed by atoms with Crippen molar-refractivity contribution < 1.29 is 4.79 Å². The molecule has 1 amide bonds. The number of nitrogens with two attached hydrogens (primary N) is 1. The van der Waals surface area contributed by atoms with E-state index in [4.69, 9.17) is 5.73 Å². The van der Waals surface area contributed by atoms with E-state index in [0.29, 0.717) is 5.69 Å². The molecule has 0 bridgehead atoms. The Morgan fingerprint density at radius 1 is 1.53 bits per heavy atom. The Morgan fingerprint density at radius 3 is 2.93 bits per heavy atom. The molecule has 0 aliphatic heterocycles. The fraction of sp³-hybridized carbons (Fsp3) is 0.455. The van der Waals surface area contributed by atoms with Gasteiger partial charge in [-0.25, -0.2) is 4.98 Å². The monoisotopic (exact) mass is 205 g/mol. The van der Waals surface area contributed by atoms with E-state index < -0.39 is 5.91 Å². The van der Waals surface area contributed by atoms with Gasteiger partial charge >= 0.3 is 0 Å². The second-order valence-corrected chi connectivity index (χ2v) is 3.95. The second kappa shape index (κ2) is 4.29. The van der Waals surface area contributed by atoms with Gasteiger partial charge in [0, 0.05) is 6.54 Å². The highest BCUT2D eigenvalue weighted by Crippen LogP contribution is 2.26. The summed E-state index contributed by atoms with van der Waals surface area (Å²) in [6, 6.07) is 5.26. The van der Waals surface area contributed by atoms with Gasteiger partial charge in [0.2, 0.25) is 0 Å². The molecule has 2 rings (SSSR count). The Labute approximate surface area is 88.9 Å². The number of amides is 1. The summed E-state index contributed by atoms with van der Waals surface area (Å²) in [6.45, 7) is 0.940. The minimum Gasteiger partial charge on any atom is -0.370 e. The van der Waals surface area contributed by atoms with Gasteiger partial charge in [-0.3, -0.25) is 4.79 Å². The summed E-state index contributed by atoms with van der Waals surface area (Å²) in [4.78, 5) is 15.0. The maximum Gasteiger partial charge on any atom is 0.267 e. The van der Waals surface area contributed by atoms with E-state index in [-0.39, 0.29) is 0 Å². The molecule has 4 nitrogen and oxygen atoms in total. The van der Waals surface area contributed by atoms with Crippen LogP contribution in [0.2, 0.25) is 0 Å². The Kier molecular flexibility index (Phi) is 2.85. The zero-order chi connectivity index (χ0) is 10.7. The van der Waals surface area contributed by atoms with Gasteiger partial charge in [-0.15, -0.1) is 0 Å². The van der Waals surface area contributed by atoms with Crippen molar-refractivity contribution in [3.63, 3.8) is 0 Å². The molecule has 0 atom stereocenters. The SMILES string of the molecule is NC(=O)c1cccc(NCC2CCC2)n1. The molecule has 15 heavy (non-hydrogen) atoms. The molecule has 1 aromatic rings. The number of nitrogens with zero attached hydrogens (tertiary/aromatic N) is 1. The van der Waals surface area contributed by atoms with Crippen LogP contribution in [0.25, 0.3) is 0 Å². The van der Waals surface area contributed by atoms with Gasteiger partial charge < -0.3 is 11.1 Å². The van der Waals surface area contributed by atoms with Gasteiger partial charge in [0.1, 0.15) is 11.5 Å². The van der Waals surface area contributed by atoms with Crippen LogP contribution >= 0.6 is 0 Å². The van der Waals surface area contributed by atoms with Gasteiger partial charge in [0.15, 0.2) is 0 Å². The van der Waals surface area contributed by atoms with Crippen molar-refractivity contribution in [1.82, 2.24) is 4.98 Å². The summed E-state index contributed by atoms with van der Waals surface area (Å²) in [5, 5.41) is 3.22. The number of primary amides is 1. The zero-order valence-electron chi connectivity index (χ0n) is 8.57. The summed E-state index contributed by atoms with van der Waals surface area (Å²) in [5.74, 6) is 1.02. The smallest absolute Gasteiger partial charge is 0.267 e. The number of anilines is 1. The predicted octanol–water partition coefficient (Wildman–Crippen LogP) is 1.39. The molecule has 3 N–H and O–H groups in total. The van der Waals surface area contributed by atoms with Gasteiger partial charge in [-0.1, -0.05) is 12.5 Å². The lowest BCUT2D eigenvalue weighted by atomic mass is 9.85. The average molecular weight is 205 g/mol. The van der Waals surface area contributed by atoms with Gasteiger partial charge in [0.25, 0.3) is 5.91 Å². The number of hydrogen-bond donors (Lipinski definition) is 2. The third-order valence-electron chi connectivity index (χ3n) is 2.80. The Morgan fingerprint density at radius 2 is 2.33 bits per heavy atom. The molecule has 80 valence electrons. The van der Waals surface area contributed by atoms with E-state index in [9.17, 15) is 4.79 Å². The van der Waals surface area contributed by atoms with Crippen LogP contribution < -0.4 is 11.1 Å². The number of pyridine rings is 1. The number of hydrogen-bond acceptors (Lipinski definition) is 3. The van der Waals surface area contributed by atoms with Gasteiger partial charge in [-0.2, -0.15) is 0 Å². The number of nitrogens with one attached hydrogen (secondary N) is 1. The van der Waals surface area contributed by atoms with Crippen LogP contribution in [0.3, 0.4) is 0 Å². The highest BCUT2D eigenvalue weighted by Gasteiger charge is 2.16. The number of carbonyl (C=O) groups is 1. The molecule has 0 saturated heterocycles. The lowest BCUT2D eigenvalue weighted by Crippen LogP contribution is -2.22. The van der Waals surface area contributed by atoms with Crippen LogP contribution in [0.1, 0.15) is 29.8 Å². The summed E-state index contributed by atoms with van der Waals surface area (Å²) >= 11 is 0. The van der Waals surface area contributed by atoms with Crippen molar-refractivity contribution in [2.24, 2.45) is 11.7 Å². The lowest BCUT2D eigenvalue weighted by Gasteiger charge is -2.25. The molecule has 1 fully saturated rings. The first-order valence-electron chi connectivity index (χ1n) is 5.26. The third-order valence-corrected chi connectivity index (χ3v) is 2.80. The van der Waals surface area contributed by atoms with Crippen molar-refractivity contribution in [2.75, 3.05) is 11.9 Å².